The first-order chi connectivity index (χ1) is 10.8. The van der Waals surface area contributed by atoms with E-state index in [9.17, 15) is 13.2 Å². The van der Waals surface area contributed by atoms with Crippen LogP contribution < -0.4 is 4.31 Å². The summed E-state index contributed by atoms with van der Waals surface area (Å²) in [6.45, 7) is 1.69. The van der Waals surface area contributed by atoms with Crippen LogP contribution >= 0.6 is 15.9 Å². The van der Waals surface area contributed by atoms with Gasteiger partial charge in [-0.2, -0.15) is 0 Å². The Morgan fingerprint density at radius 2 is 1.74 bits per heavy atom. The standard InChI is InChI=1S/C16H16BrNO4S/c1-11-14(16(19)22-3)5-4-6-15(11)18(2)23(20,21)13-9-7-12(17)8-10-13/h4-10H,1-3H3. The molecule has 0 atom stereocenters. The minimum atomic E-state index is -3.72. The molecule has 2 aromatic carbocycles. The van der Waals surface area contributed by atoms with Crippen LogP contribution in [0.25, 0.3) is 0 Å². The van der Waals surface area contributed by atoms with Gasteiger partial charge >= 0.3 is 5.97 Å². The summed E-state index contributed by atoms with van der Waals surface area (Å²) in [7, 11) is -0.973. The second kappa shape index (κ2) is 6.72. The maximum absolute atomic E-state index is 12.7. The molecule has 0 bridgehead atoms. The Morgan fingerprint density at radius 1 is 1.13 bits per heavy atom. The second-order valence-corrected chi connectivity index (χ2v) is 7.75. The number of rotatable bonds is 4. The predicted octanol–water partition coefficient (Wildman–Crippen LogP) is 3.37. The van der Waals surface area contributed by atoms with Crippen LogP contribution in [0.3, 0.4) is 0 Å². The van der Waals surface area contributed by atoms with Gasteiger partial charge in [-0.1, -0.05) is 22.0 Å². The molecular formula is C16H16BrNO4S. The number of benzene rings is 2. The van der Waals surface area contributed by atoms with E-state index in [-0.39, 0.29) is 4.90 Å². The van der Waals surface area contributed by atoms with Gasteiger partial charge in [0.25, 0.3) is 10.0 Å². The van der Waals surface area contributed by atoms with E-state index in [0.29, 0.717) is 16.8 Å². The number of ether oxygens (including phenoxy) is 1. The summed E-state index contributed by atoms with van der Waals surface area (Å²) in [6, 6.07) is 11.3. The van der Waals surface area contributed by atoms with Crippen LogP contribution in [0.2, 0.25) is 0 Å². The molecule has 7 heteroatoms. The number of halogens is 1. The highest BCUT2D eigenvalue weighted by molar-refractivity contribution is 9.10. The molecule has 2 aromatic rings. The van der Waals surface area contributed by atoms with E-state index in [1.807, 2.05) is 0 Å². The van der Waals surface area contributed by atoms with Gasteiger partial charge in [0.05, 0.1) is 23.3 Å². The summed E-state index contributed by atoms with van der Waals surface area (Å²) < 4.78 is 32.2. The highest BCUT2D eigenvalue weighted by atomic mass is 79.9. The summed E-state index contributed by atoms with van der Waals surface area (Å²) >= 11 is 3.28. The highest BCUT2D eigenvalue weighted by Gasteiger charge is 2.24. The smallest absolute Gasteiger partial charge is 0.338 e. The van der Waals surface area contributed by atoms with Gasteiger partial charge in [-0.05, 0) is 48.9 Å². The SMILES string of the molecule is COC(=O)c1cccc(N(C)S(=O)(=O)c2ccc(Br)cc2)c1C. The topological polar surface area (TPSA) is 63.7 Å². The van der Waals surface area contributed by atoms with E-state index in [2.05, 4.69) is 15.9 Å². The van der Waals surface area contributed by atoms with Crippen molar-refractivity contribution in [1.29, 1.82) is 0 Å². The van der Waals surface area contributed by atoms with E-state index in [4.69, 9.17) is 4.74 Å². The van der Waals surface area contributed by atoms with E-state index in [0.717, 1.165) is 8.78 Å². The molecular weight excluding hydrogens is 382 g/mol. The Kier molecular flexibility index (Phi) is 5.11. The monoisotopic (exact) mass is 397 g/mol. The van der Waals surface area contributed by atoms with Gasteiger partial charge in [-0.3, -0.25) is 4.31 Å². The first-order valence-electron chi connectivity index (χ1n) is 6.71. The molecule has 0 radical (unpaired) electrons. The Labute approximate surface area is 144 Å². The van der Waals surface area contributed by atoms with Crippen LogP contribution in [0.4, 0.5) is 5.69 Å². The lowest BCUT2D eigenvalue weighted by Crippen LogP contribution is -2.27. The molecule has 0 saturated heterocycles. The van der Waals surface area contributed by atoms with Crippen molar-refractivity contribution < 1.29 is 17.9 Å². The van der Waals surface area contributed by atoms with Gasteiger partial charge in [0, 0.05) is 11.5 Å². The van der Waals surface area contributed by atoms with Crippen molar-refractivity contribution in [2.45, 2.75) is 11.8 Å². The molecule has 0 spiro atoms. The molecule has 0 aliphatic heterocycles. The summed E-state index contributed by atoms with van der Waals surface area (Å²) in [5, 5.41) is 0. The van der Waals surface area contributed by atoms with E-state index >= 15 is 0 Å². The molecule has 0 fully saturated rings. The fraction of sp³-hybridized carbons (Fsp3) is 0.188. The van der Waals surface area contributed by atoms with Crippen molar-refractivity contribution in [3.63, 3.8) is 0 Å². The molecule has 0 aliphatic carbocycles. The molecule has 23 heavy (non-hydrogen) atoms. The molecule has 0 unspecified atom stereocenters. The molecule has 122 valence electrons. The zero-order chi connectivity index (χ0) is 17.2. The van der Waals surface area contributed by atoms with Crippen LogP contribution in [0.1, 0.15) is 15.9 Å². The molecule has 2 rings (SSSR count). The minimum Gasteiger partial charge on any atom is -0.465 e. The number of anilines is 1. The number of nitrogens with zero attached hydrogens (tertiary/aromatic N) is 1. The van der Waals surface area contributed by atoms with E-state index < -0.39 is 16.0 Å². The highest BCUT2D eigenvalue weighted by Crippen LogP contribution is 2.28. The van der Waals surface area contributed by atoms with Crippen molar-refractivity contribution in [3.05, 3.63) is 58.1 Å². The Morgan fingerprint density at radius 3 is 2.30 bits per heavy atom. The molecule has 5 nitrogen and oxygen atoms in total. The van der Waals surface area contributed by atoms with Crippen LogP contribution in [-0.4, -0.2) is 28.5 Å². The summed E-state index contributed by atoms with van der Waals surface area (Å²) in [5.74, 6) is -0.501. The van der Waals surface area contributed by atoms with Crippen molar-refractivity contribution >= 4 is 37.6 Å². The van der Waals surface area contributed by atoms with Gasteiger partial charge < -0.3 is 4.74 Å². The lowest BCUT2D eigenvalue weighted by atomic mass is 10.1. The van der Waals surface area contributed by atoms with Gasteiger partial charge in [0.15, 0.2) is 0 Å². The fourth-order valence-electron chi connectivity index (χ4n) is 2.19. The molecule has 0 aromatic heterocycles. The van der Waals surface area contributed by atoms with Gasteiger partial charge in [-0.15, -0.1) is 0 Å². The third kappa shape index (κ3) is 3.40. The molecule has 0 heterocycles. The van der Waals surface area contributed by atoms with Crippen LogP contribution in [-0.2, 0) is 14.8 Å². The quantitative estimate of drug-likeness (QED) is 0.741. The van der Waals surface area contributed by atoms with Crippen molar-refractivity contribution in [2.24, 2.45) is 0 Å². The average molecular weight is 398 g/mol. The molecule has 0 aliphatic rings. The Balaban J connectivity index is 2.50. The maximum atomic E-state index is 12.7. The average Bonchev–Trinajstić information content (AvgIpc) is 2.54. The first-order valence-corrected chi connectivity index (χ1v) is 8.94. The van der Waals surface area contributed by atoms with Crippen LogP contribution in [0.15, 0.2) is 51.8 Å². The maximum Gasteiger partial charge on any atom is 0.338 e. The van der Waals surface area contributed by atoms with Gasteiger partial charge in [-0.25, -0.2) is 13.2 Å². The first kappa shape index (κ1) is 17.5. The zero-order valence-electron chi connectivity index (χ0n) is 12.9. The lowest BCUT2D eigenvalue weighted by molar-refractivity contribution is 0.0600. The van der Waals surface area contributed by atoms with Gasteiger partial charge in [0.2, 0.25) is 0 Å². The number of esters is 1. The summed E-state index contributed by atoms with van der Waals surface area (Å²) in [4.78, 5) is 11.9. The largest absolute Gasteiger partial charge is 0.465 e. The third-order valence-corrected chi connectivity index (χ3v) is 5.84. The van der Waals surface area contributed by atoms with Crippen molar-refractivity contribution in [1.82, 2.24) is 0 Å². The predicted molar refractivity (Wildman–Crippen MR) is 92.2 cm³/mol. The van der Waals surface area contributed by atoms with Crippen molar-refractivity contribution in [2.75, 3.05) is 18.5 Å². The number of carbonyl (C=O) groups excluding carboxylic acids is 1. The Hall–Kier alpha value is -1.86. The van der Waals surface area contributed by atoms with Gasteiger partial charge in [0.1, 0.15) is 0 Å². The van der Waals surface area contributed by atoms with Crippen LogP contribution in [0, 0.1) is 6.92 Å². The minimum absolute atomic E-state index is 0.172. The molecule has 0 saturated carbocycles. The lowest BCUT2D eigenvalue weighted by Gasteiger charge is -2.22. The Bertz CT molecular complexity index is 832. The normalized spacial score (nSPS) is 11.1. The number of sulfonamides is 1. The third-order valence-electron chi connectivity index (χ3n) is 3.52. The van der Waals surface area contributed by atoms with Crippen molar-refractivity contribution in [3.8, 4) is 0 Å². The number of methoxy groups -OCH3 is 1. The summed E-state index contributed by atoms with van der Waals surface area (Å²) in [5.41, 5.74) is 1.31. The number of hydrogen-bond acceptors (Lipinski definition) is 4. The summed E-state index contributed by atoms with van der Waals surface area (Å²) in [6.07, 6.45) is 0. The van der Waals surface area contributed by atoms with E-state index in [1.165, 1.54) is 26.3 Å². The molecule has 0 amide bonds. The molecule has 0 N–H and O–H groups in total. The fourth-order valence-corrected chi connectivity index (χ4v) is 3.71. The zero-order valence-corrected chi connectivity index (χ0v) is 15.3. The second-order valence-electron chi connectivity index (χ2n) is 4.87. The number of hydrogen-bond donors (Lipinski definition) is 0. The van der Waals surface area contributed by atoms with Crippen LogP contribution in [0.5, 0.6) is 0 Å². The van der Waals surface area contributed by atoms with E-state index in [1.54, 1.807) is 37.3 Å². The number of carbonyl (C=O) groups is 1.